The first kappa shape index (κ1) is 28.7. The minimum atomic E-state index is -3.74. The number of nitrogens with one attached hydrogen (secondary N) is 1. The molecular formula is C32H35FN4O3S. The highest BCUT2D eigenvalue weighted by Crippen LogP contribution is 2.35. The predicted molar refractivity (Wildman–Crippen MR) is 157 cm³/mol. The Labute approximate surface area is 241 Å². The molecule has 1 aliphatic carbocycles. The van der Waals surface area contributed by atoms with Gasteiger partial charge in [0.1, 0.15) is 11.6 Å². The molecule has 0 fully saturated rings. The number of hydrogen-bond acceptors (Lipinski definition) is 4. The summed E-state index contributed by atoms with van der Waals surface area (Å²) in [6.07, 6.45) is 6.11. The van der Waals surface area contributed by atoms with Crippen LogP contribution in [0.5, 0.6) is 0 Å². The Morgan fingerprint density at radius 1 is 1.15 bits per heavy atom. The maximum atomic E-state index is 13.8. The van der Waals surface area contributed by atoms with Crippen molar-refractivity contribution in [3.8, 4) is 0 Å². The standard InChI is InChI=1S/C32H35FN4O3S/c1-22-6-4-8-28(18-22)41(39,40)35-30-9-5-7-25-12-15-27(20-29(25)30)37(21-31-34-16-17-36(31)3)32(38)19-23(2)24-10-13-26(33)14-11-24/h4,6,8,10-18,20,23,30,35H,5,7,9,19,21H2,1-3H3/t23-,30+/m0/s1. The number of carbonyl (C=O) groups is 1. The normalized spacial score (nSPS) is 15.8. The zero-order valence-electron chi connectivity index (χ0n) is 23.5. The Morgan fingerprint density at radius 3 is 2.63 bits per heavy atom. The summed E-state index contributed by atoms with van der Waals surface area (Å²) in [7, 11) is -1.86. The van der Waals surface area contributed by atoms with E-state index in [1.54, 1.807) is 41.4 Å². The SMILES string of the molecule is Cc1cccc(S(=O)(=O)N[C@@H]2CCCc3ccc(N(Cc4nccn4C)C(=O)C[C@H](C)c4ccc(F)cc4)cc32)c1. The van der Waals surface area contributed by atoms with Gasteiger partial charge in [0.25, 0.3) is 0 Å². The van der Waals surface area contributed by atoms with Crippen LogP contribution < -0.4 is 9.62 Å². The Balaban J connectivity index is 1.46. The molecule has 1 aromatic heterocycles. The molecule has 1 heterocycles. The zero-order chi connectivity index (χ0) is 29.1. The number of anilines is 1. The van der Waals surface area contributed by atoms with Gasteiger partial charge in [-0.2, -0.15) is 0 Å². The van der Waals surface area contributed by atoms with Gasteiger partial charge in [0.2, 0.25) is 15.9 Å². The van der Waals surface area contributed by atoms with E-state index in [2.05, 4.69) is 9.71 Å². The number of sulfonamides is 1. The van der Waals surface area contributed by atoms with Crippen molar-refractivity contribution in [2.45, 2.75) is 62.9 Å². The highest BCUT2D eigenvalue weighted by atomic mass is 32.2. The van der Waals surface area contributed by atoms with E-state index in [0.29, 0.717) is 12.1 Å². The van der Waals surface area contributed by atoms with Crippen LogP contribution in [-0.4, -0.2) is 23.9 Å². The van der Waals surface area contributed by atoms with E-state index in [0.717, 1.165) is 40.9 Å². The van der Waals surface area contributed by atoms with Crippen LogP contribution in [0.3, 0.4) is 0 Å². The highest BCUT2D eigenvalue weighted by molar-refractivity contribution is 7.89. The molecule has 1 N–H and O–H groups in total. The lowest BCUT2D eigenvalue weighted by molar-refractivity contribution is -0.119. The van der Waals surface area contributed by atoms with Crippen molar-refractivity contribution in [3.05, 3.63) is 113 Å². The first-order chi connectivity index (χ1) is 19.6. The number of amides is 1. The summed E-state index contributed by atoms with van der Waals surface area (Å²) in [6.45, 7) is 4.08. The van der Waals surface area contributed by atoms with Crippen LogP contribution in [0.25, 0.3) is 0 Å². The fourth-order valence-corrected chi connectivity index (χ4v) is 6.76. The number of fused-ring (bicyclic) bond motifs is 1. The molecule has 7 nitrogen and oxygen atoms in total. The molecule has 5 rings (SSSR count). The van der Waals surface area contributed by atoms with E-state index in [1.165, 1.54) is 12.1 Å². The zero-order valence-corrected chi connectivity index (χ0v) is 24.4. The van der Waals surface area contributed by atoms with Gasteiger partial charge in [-0.05, 0) is 90.8 Å². The lowest BCUT2D eigenvalue weighted by Gasteiger charge is -2.30. The van der Waals surface area contributed by atoms with Crippen LogP contribution in [-0.2, 0) is 34.8 Å². The number of aryl methyl sites for hydroxylation is 3. The third-order valence-electron chi connectivity index (χ3n) is 7.79. The molecule has 0 aliphatic heterocycles. The van der Waals surface area contributed by atoms with Gasteiger partial charge < -0.3 is 9.47 Å². The molecule has 3 aromatic carbocycles. The van der Waals surface area contributed by atoms with Crippen LogP contribution in [0, 0.1) is 12.7 Å². The van der Waals surface area contributed by atoms with Crippen molar-refractivity contribution in [2.24, 2.45) is 7.05 Å². The molecule has 9 heteroatoms. The summed E-state index contributed by atoms with van der Waals surface area (Å²) in [5, 5.41) is 0. The number of rotatable bonds is 9. The minimum Gasteiger partial charge on any atom is -0.337 e. The lowest BCUT2D eigenvalue weighted by Crippen LogP contribution is -2.34. The minimum absolute atomic E-state index is 0.0996. The third kappa shape index (κ3) is 6.57. The monoisotopic (exact) mass is 574 g/mol. The summed E-state index contributed by atoms with van der Waals surface area (Å²) in [5.74, 6) is 0.184. The van der Waals surface area contributed by atoms with Crippen molar-refractivity contribution in [1.29, 1.82) is 0 Å². The number of aromatic nitrogens is 2. The summed E-state index contributed by atoms with van der Waals surface area (Å²) < 4.78 is 44.9. The number of benzene rings is 3. The van der Waals surface area contributed by atoms with Crippen molar-refractivity contribution >= 4 is 21.6 Å². The third-order valence-corrected chi connectivity index (χ3v) is 9.26. The number of halogens is 1. The van der Waals surface area contributed by atoms with Crippen LogP contribution in [0.4, 0.5) is 10.1 Å². The second-order valence-electron chi connectivity index (χ2n) is 10.9. The van der Waals surface area contributed by atoms with Gasteiger partial charge in [-0.25, -0.2) is 22.5 Å². The van der Waals surface area contributed by atoms with Crippen molar-refractivity contribution in [3.63, 3.8) is 0 Å². The Morgan fingerprint density at radius 2 is 1.93 bits per heavy atom. The van der Waals surface area contributed by atoms with Crippen molar-refractivity contribution in [1.82, 2.24) is 14.3 Å². The van der Waals surface area contributed by atoms with Gasteiger partial charge in [0, 0.05) is 37.6 Å². The van der Waals surface area contributed by atoms with Crippen LogP contribution in [0.15, 0.2) is 84.0 Å². The Kier molecular flexibility index (Phi) is 8.37. The molecule has 41 heavy (non-hydrogen) atoms. The molecule has 0 unspecified atom stereocenters. The lowest BCUT2D eigenvalue weighted by atomic mass is 9.87. The maximum Gasteiger partial charge on any atom is 0.241 e. The molecule has 214 valence electrons. The number of hydrogen-bond donors (Lipinski definition) is 1. The van der Waals surface area contributed by atoms with Gasteiger partial charge in [0.05, 0.1) is 11.4 Å². The highest BCUT2D eigenvalue weighted by Gasteiger charge is 2.28. The summed E-state index contributed by atoms with van der Waals surface area (Å²) in [4.78, 5) is 20.2. The van der Waals surface area contributed by atoms with E-state index in [4.69, 9.17) is 0 Å². The molecule has 0 radical (unpaired) electrons. The largest absolute Gasteiger partial charge is 0.337 e. The van der Waals surface area contributed by atoms with Crippen LogP contribution in [0.1, 0.15) is 66.2 Å². The quantitative estimate of drug-likeness (QED) is 0.268. The van der Waals surface area contributed by atoms with E-state index in [-0.39, 0.29) is 35.5 Å². The Bertz CT molecular complexity index is 1650. The van der Waals surface area contributed by atoms with Gasteiger partial charge in [0.15, 0.2) is 0 Å². The van der Waals surface area contributed by atoms with Crippen LogP contribution >= 0.6 is 0 Å². The average Bonchev–Trinajstić information content (AvgIpc) is 3.36. The number of carbonyl (C=O) groups excluding carboxylic acids is 1. The topological polar surface area (TPSA) is 84.3 Å². The van der Waals surface area contributed by atoms with Gasteiger partial charge >= 0.3 is 0 Å². The molecular weight excluding hydrogens is 539 g/mol. The van der Waals surface area contributed by atoms with E-state index >= 15 is 0 Å². The molecule has 1 amide bonds. The van der Waals surface area contributed by atoms with E-state index in [1.807, 2.05) is 55.9 Å². The number of nitrogens with zero attached hydrogens (tertiary/aromatic N) is 3. The van der Waals surface area contributed by atoms with Crippen molar-refractivity contribution < 1.29 is 17.6 Å². The first-order valence-electron chi connectivity index (χ1n) is 13.8. The molecule has 1 aliphatic rings. The summed E-state index contributed by atoms with van der Waals surface area (Å²) >= 11 is 0. The predicted octanol–water partition coefficient (Wildman–Crippen LogP) is 5.95. The first-order valence-corrected chi connectivity index (χ1v) is 15.3. The van der Waals surface area contributed by atoms with Gasteiger partial charge in [-0.15, -0.1) is 0 Å². The van der Waals surface area contributed by atoms with Crippen molar-refractivity contribution in [2.75, 3.05) is 4.90 Å². The summed E-state index contributed by atoms with van der Waals surface area (Å²) in [5.41, 5.74) is 4.39. The van der Waals surface area contributed by atoms with Gasteiger partial charge in [-0.1, -0.05) is 37.3 Å². The van der Waals surface area contributed by atoms with Crippen LogP contribution in [0.2, 0.25) is 0 Å². The number of imidazole rings is 1. The Hall–Kier alpha value is -3.82. The molecule has 0 spiro atoms. The van der Waals surface area contributed by atoms with E-state index < -0.39 is 16.1 Å². The van der Waals surface area contributed by atoms with Gasteiger partial charge in [-0.3, -0.25) is 4.79 Å². The fraction of sp³-hybridized carbons (Fsp3) is 0.312. The van der Waals surface area contributed by atoms with E-state index in [9.17, 15) is 17.6 Å². The molecule has 0 saturated carbocycles. The second-order valence-corrected chi connectivity index (χ2v) is 12.6. The molecule has 2 atom stereocenters. The molecule has 4 aromatic rings. The second kappa shape index (κ2) is 12.0. The average molecular weight is 575 g/mol. The maximum absolute atomic E-state index is 13.8. The smallest absolute Gasteiger partial charge is 0.241 e. The summed E-state index contributed by atoms with van der Waals surface area (Å²) in [6, 6.07) is 18.6. The molecule has 0 bridgehead atoms. The molecule has 0 saturated heterocycles. The fourth-order valence-electron chi connectivity index (χ4n) is 5.41.